The summed E-state index contributed by atoms with van der Waals surface area (Å²) in [6.45, 7) is 2.90. The maximum Gasteiger partial charge on any atom is 0.224 e. The van der Waals surface area contributed by atoms with Gasteiger partial charge in [0.1, 0.15) is 5.82 Å². The Morgan fingerprint density at radius 1 is 1.00 bits per heavy atom. The quantitative estimate of drug-likeness (QED) is 0.678. The zero-order chi connectivity index (χ0) is 14.8. The predicted molar refractivity (Wildman–Crippen MR) is 87.8 cm³/mol. The Balaban J connectivity index is 2.02. The molecule has 0 spiro atoms. The van der Waals surface area contributed by atoms with Crippen molar-refractivity contribution in [3.05, 3.63) is 64.9 Å². The largest absolute Gasteiger partial charge is 0.355 e. The van der Waals surface area contributed by atoms with Gasteiger partial charge in [0.25, 0.3) is 0 Å². The summed E-state index contributed by atoms with van der Waals surface area (Å²) in [6.07, 6.45) is 0. The Hall–Kier alpha value is -2.13. The van der Waals surface area contributed by atoms with Gasteiger partial charge in [0.05, 0.1) is 5.52 Å². The first kappa shape index (κ1) is 13.8. The summed E-state index contributed by atoms with van der Waals surface area (Å²) in [5.41, 5.74) is 3.41. The molecule has 21 heavy (non-hydrogen) atoms. The van der Waals surface area contributed by atoms with Gasteiger partial charge in [0, 0.05) is 19.0 Å². The minimum atomic E-state index is 0.278. The molecule has 0 radical (unpaired) electrons. The van der Waals surface area contributed by atoms with Gasteiger partial charge in [-0.25, -0.2) is 4.98 Å². The van der Waals surface area contributed by atoms with Crippen LogP contribution in [0.4, 0.5) is 5.82 Å². The highest BCUT2D eigenvalue weighted by molar-refractivity contribution is 6.28. The van der Waals surface area contributed by atoms with Gasteiger partial charge in [-0.2, -0.15) is 4.98 Å². The van der Waals surface area contributed by atoms with E-state index in [-0.39, 0.29) is 5.28 Å². The van der Waals surface area contributed by atoms with Gasteiger partial charge in [-0.15, -0.1) is 0 Å². The second kappa shape index (κ2) is 5.70. The number of aromatic nitrogens is 2. The van der Waals surface area contributed by atoms with Crippen molar-refractivity contribution in [3.63, 3.8) is 0 Å². The summed E-state index contributed by atoms with van der Waals surface area (Å²) in [7, 11) is 2.03. The van der Waals surface area contributed by atoms with E-state index in [9.17, 15) is 0 Å². The topological polar surface area (TPSA) is 29.0 Å². The molecule has 0 atom stereocenters. The molecule has 3 rings (SSSR count). The molecule has 0 aliphatic heterocycles. The number of nitrogens with zero attached hydrogens (tertiary/aromatic N) is 3. The molecule has 0 N–H and O–H groups in total. The van der Waals surface area contributed by atoms with Crippen molar-refractivity contribution in [2.45, 2.75) is 13.5 Å². The van der Waals surface area contributed by atoms with Crippen LogP contribution in [0.25, 0.3) is 10.9 Å². The van der Waals surface area contributed by atoms with Crippen LogP contribution in [-0.2, 0) is 6.54 Å². The normalized spacial score (nSPS) is 10.8. The van der Waals surface area contributed by atoms with Crippen LogP contribution >= 0.6 is 11.6 Å². The van der Waals surface area contributed by atoms with E-state index in [1.807, 2.05) is 31.3 Å². The summed E-state index contributed by atoms with van der Waals surface area (Å²) in [5, 5.41) is 1.29. The van der Waals surface area contributed by atoms with E-state index in [1.54, 1.807) is 0 Å². The van der Waals surface area contributed by atoms with Crippen LogP contribution in [0.5, 0.6) is 0 Å². The number of halogens is 1. The van der Waals surface area contributed by atoms with Crippen LogP contribution in [0.1, 0.15) is 11.1 Å². The number of anilines is 1. The van der Waals surface area contributed by atoms with Crippen molar-refractivity contribution >= 4 is 28.3 Å². The van der Waals surface area contributed by atoms with Crippen molar-refractivity contribution in [1.82, 2.24) is 9.97 Å². The summed E-state index contributed by atoms with van der Waals surface area (Å²) in [6, 6.07) is 16.3. The van der Waals surface area contributed by atoms with Crippen LogP contribution in [-0.4, -0.2) is 17.0 Å². The smallest absolute Gasteiger partial charge is 0.224 e. The van der Waals surface area contributed by atoms with Gasteiger partial charge in [-0.1, -0.05) is 36.4 Å². The van der Waals surface area contributed by atoms with E-state index in [0.29, 0.717) is 0 Å². The van der Waals surface area contributed by atoms with Crippen LogP contribution < -0.4 is 4.90 Å². The average molecular weight is 298 g/mol. The fraction of sp³-hybridized carbons (Fsp3) is 0.176. The molecule has 3 nitrogen and oxygen atoms in total. The van der Waals surface area contributed by atoms with E-state index in [1.165, 1.54) is 11.1 Å². The third kappa shape index (κ3) is 2.83. The highest BCUT2D eigenvalue weighted by atomic mass is 35.5. The summed E-state index contributed by atoms with van der Waals surface area (Å²) in [5.74, 6) is 0.855. The zero-order valence-electron chi connectivity index (χ0n) is 12.0. The van der Waals surface area contributed by atoms with Gasteiger partial charge in [-0.3, -0.25) is 0 Å². The molecule has 0 unspecified atom stereocenters. The van der Waals surface area contributed by atoms with E-state index in [4.69, 9.17) is 11.6 Å². The Morgan fingerprint density at radius 2 is 1.71 bits per heavy atom. The number of hydrogen-bond acceptors (Lipinski definition) is 3. The molecule has 106 valence electrons. The molecule has 0 saturated carbocycles. The number of benzene rings is 2. The third-order valence-electron chi connectivity index (χ3n) is 3.59. The molecular formula is C17H16ClN3. The van der Waals surface area contributed by atoms with E-state index in [0.717, 1.165) is 23.3 Å². The zero-order valence-corrected chi connectivity index (χ0v) is 12.8. The van der Waals surface area contributed by atoms with Crippen molar-refractivity contribution in [3.8, 4) is 0 Å². The molecule has 0 saturated heterocycles. The maximum atomic E-state index is 6.05. The molecule has 0 amide bonds. The van der Waals surface area contributed by atoms with Crippen molar-refractivity contribution in [2.24, 2.45) is 0 Å². The van der Waals surface area contributed by atoms with Crippen LogP contribution in [0.15, 0.2) is 48.5 Å². The first-order valence-electron chi connectivity index (χ1n) is 6.83. The number of aryl methyl sites for hydroxylation is 1. The molecule has 3 aromatic rings. The van der Waals surface area contributed by atoms with Crippen LogP contribution in [0.3, 0.4) is 0 Å². The fourth-order valence-corrected chi connectivity index (χ4v) is 2.61. The Labute approximate surface area is 129 Å². The van der Waals surface area contributed by atoms with Crippen LogP contribution in [0, 0.1) is 6.92 Å². The Morgan fingerprint density at radius 3 is 2.52 bits per heavy atom. The minimum absolute atomic E-state index is 0.278. The SMILES string of the molecule is Cc1ccccc1CN(C)c1nc(Cl)nc2ccccc12. The van der Waals surface area contributed by atoms with E-state index in [2.05, 4.69) is 46.1 Å². The van der Waals surface area contributed by atoms with Crippen molar-refractivity contribution in [2.75, 3.05) is 11.9 Å². The van der Waals surface area contributed by atoms with Gasteiger partial charge in [0.2, 0.25) is 5.28 Å². The van der Waals surface area contributed by atoms with Gasteiger partial charge < -0.3 is 4.90 Å². The van der Waals surface area contributed by atoms with E-state index >= 15 is 0 Å². The lowest BCUT2D eigenvalue weighted by Crippen LogP contribution is -2.19. The molecule has 1 aromatic heterocycles. The Kier molecular flexibility index (Phi) is 3.76. The molecule has 0 fully saturated rings. The lowest BCUT2D eigenvalue weighted by molar-refractivity contribution is 0.893. The number of para-hydroxylation sites is 1. The monoisotopic (exact) mass is 297 g/mol. The second-order valence-electron chi connectivity index (χ2n) is 5.12. The maximum absolute atomic E-state index is 6.05. The molecule has 0 aliphatic rings. The van der Waals surface area contributed by atoms with Crippen LogP contribution in [0.2, 0.25) is 5.28 Å². The first-order valence-corrected chi connectivity index (χ1v) is 7.21. The Bertz CT molecular complexity index is 786. The molecule has 0 bridgehead atoms. The summed E-state index contributed by atoms with van der Waals surface area (Å²) < 4.78 is 0. The van der Waals surface area contributed by atoms with Crippen molar-refractivity contribution < 1.29 is 0 Å². The standard InChI is InChI=1S/C17H16ClN3/c1-12-7-3-4-8-13(12)11-21(2)16-14-9-5-6-10-15(14)19-17(18)20-16/h3-10H,11H2,1-2H3. The molecule has 4 heteroatoms. The average Bonchev–Trinajstić information content (AvgIpc) is 2.48. The fourth-order valence-electron chi connectivity index (χ4n) is 2.44. The van der Waals surface area contributed by atoms with Gasteiger partial charge >= 0.3 is 0 Å². The predicted octanol–water partition coefficient (Wildman–Crippen LogP) is 4.23. The lowest BCUT2D eigenvalue weighted by atomic mass is 10.1. The molecular weight excluding hydrogens is 282 g/mol. The molecule has 0 aliphatic carbocycles. The highest BCUT2D eigenvalue weighted by Gasteiger charge is 2.11. The highest BCUT2D eigenvalue weighted by Crippen LogP contribution is 2.25. The van der Waals surface area contributed by atoms with E-state index < -0.39 is 0 Å². The second-order valence-corrected chi connectivity index (χ2v) is 5.45. The first-order chi connectivity index (χ1) is 10.1. The molecule has 1 heterocycles. The summed E-state index contributed by atoms with van der Waals surface area (Å²) in [4.78, 5) is 10.8. The molecule has 2 aromatic carbocycles. The summed E-state index contributed by atoms with van der Waals surface area (Å²) >= 11 is 6.05. The number of fused-ring (bicyclic) bond motifs is 1. The number of rotatable bonds is 3. The van der Waals surface area contributed by atoms with Gasteiger partial charge in [0.15, 0.2) is 0 Å². The minimum Gasteiger partial charge on any atom is -0.355 e. The number of hydrogen-bond donors (Lipinski definition) is 0. The van der Waals surface area contributed by atoms with Crippen molar-refractivity contribution in [1.29, 1.82) is 0 Å². The third-order valence-corrected chi connectivity index (χ3v) is 3.76. The lowest BCUT2D eigenvalue weighted by Gasteiger charge is -2.21. The van der Waals surface area contributed by atoms with Gasteiger partial charge in [-0.05, 0) is 41.8 Å².